The minimum absolute atomic E-state index is 0.393. The predicted molar refractivity (Wildman–Crippen MR) is 167 cm³/mol. The Labute approximate surface area is 243 Å². The van der Waals surface area contributed by atoms with Crippen LogP contribution in [0.1, 0.15) is 25.0 Å². The summed E-state index contributed by atoms with van der Waals surface area (Å²) >= 11 is 0. The highest BCUT2D eigenvalue weighted by atomic mass is 16.5. The van der Waals surface area contributed by atoms with Crippen molar-refractivity contribution in [3.05, 3.63) is 72.1 Å². The first-order chi connectivity index (χ1) is 20.0. The summed E-state index contributed by atoms with van der Waals surface area (Å²) in [5.74, 6) is 0. The van der Waals surface area contributed by atoms with E-state index in [1.165, 1.54) is 18.2 Å². The average Bonchev–Trinajstić information content (AvgIpc) is 2.99. The van der Waals surface area contributed by atoms with Gasteiger partial charge in [0.05, 0.1) is 44.6 Å². The molecule has 0 spiro atoms. The van der Waals surface area contributed by atoms with Gasteiger partial charge in [0.25, 0.3) is 0 Å². The molecule has 0 fully saturated rings. The fourth-order valence-corrected chi connectivity index (χ4v) is 4.32. The SMILES string of the molecule is CC.COC(=O)N(CCOCCNc1ccnc2cc(C)ccc12)CCOCCNc1ccnc2cc(C)ccc12. The van der Waals surface area contributed by atoms with Gasteiger partial charge in [0.15, 0.2) is 0 Å². The number of carbonyl (C=O) groups is 1. The van der Waals surface area contributed by atoms with Crippen LogP contribution in [0.4, 0.5) is 16.2 Å². The summed E-state index contributed by atoms with van der Waals surface area (Å²) in [4.78, 5) is 22.6. The van der Waals surface area contributed by atoms with Crippen LogP contribution in [0.15, 0.2) is 60.9 Å². The number of aromatic nitrogens is 2. The summed E-state index contributed by atoms with van der Waals surface area (Å²) in [5, 5.41) is 8.98. The third-order valence-corrected chi connectivity index (χ3v) is 6.36. The van der Waals surface area contributed by atoms with E-state index in [1.54, 1.807) is 17.3 Å². The smallest absolute Gasteiger partial charge is 0.409 e. The third-order valence-electron chi connectivity index (χ3n) is 6.36. The number of pyridine rings is 2. The first kappa shape index (κ1) is 31.6. The van der Waals surface area contributed by atoms with Crippen molar-refractivity contribution in [1.29, 1.82) is 0 Å². The zero-order chi connectivity index (χ0) is 29.5. The molecule has 0 aliphatic heterocycles. The number of benzene rings is 2. The number of hydrogen-bond acceptors (Lipinski definition) is 8. The van der Waals surface area contributed by atoms with E-state index in [1.807, 2.05) is 26.0 Å². The van der Waals surface area contributed by atoms with Gasteiger partial charge in [-0.1, -0.05) is 38.1 Å². The number of methoxy groups -OCH3 is 1. The van der Waals surface area contributed by atoms with Crippen molar-refractivity contribution in [1.82, 2.24) is 14.9 Å². The van der Waals surface area contributed by atoms with Gasteiger partial charge < -0.3 is 29.7 Å². The van der Waals surface area contributed by atoms with E-state index >= 15 is 0 Å². The zero-order valence-electron chi connectivity index (χ0n) is 24.9. The van der Waals surface area contributed by atoms with Crippen LogP contribution in [0.25, 0.3) is 21.8 Å². The van der Waals surface area contributed by atoms with Gasteiger partial charge in [-0.2, -0.15) is 0 Å². The lowest BCUT2D eigenvalue weighted by Crippen LogP contribution is -2.37. The summed E-state index contributed by atoms with van der Waals surface area (Å²) in [6.45, 7) is 12.1. The quantitative estimate of drug-likeness (QED) is 0.180. The van der Waals surface area contributed by atoms with Crippen molar-refractivity contribution in [2.75, 3.05) is 70.3 Å². The van der Waals surface area contributed by atoms with Crippen LogP contribution < -0.4 is 10.6 Å². The number of nitrogens with one attached hydrogen (secondary N) is 2. The van der Waals surface area contributed by atoms with Crippen molar-refractivity contribution in [2.45, 2.75) is 27.7 Å². The highest BCUT2D eigenvalue weighted by Crippen LogP contribution is 2.23. The molecule has 0 saturated carbocycles. The highest BCUT2D eigenvalue weighted by Gasteiger charge is 2.13. The van der Waals surface area contributed by atoms with Crippen LogP contribution in [0.5, 0.6) is 0 Å². The van der Waals surface area contributed by atoms with Gasteiger partial charge in [-0.3, -0.25) is 9.97 Å². The molecule has 0 radical (unpaired) electrons. The Bertz CT molecular complexity index is 1280. The summed E-state index contributed by atoms with van der Waals surface area (Å²) in [6.07, 6.45) is 3.22. The topological polar surface area (TPSA) is 97.8 Å². The monoisotopic (exact) mass is 561 g/mol. The second-order valence-corrected chi connectivity index (χ2v) is 9.29. The highest BCUT2D eigenvalue weighted by molar-refractivity contribution is 5.92. The number of amides is 1. The summed E-state index contributed by atoms with van der Waals surface area (Å²) < 4.78 is 16.5. The number of rotatable bonds is 14. The molecule has 0 saturated heterocycles. The lowest BCUT2D eigenvalue weighted by Gasteiger charge is -2.21. The van der Waals surface area contributed by atoms with Gasteiger partial charge in [0.1, 0.15) is 0 Å². The number of aryl methyl sites for hydroxylation is 2. The van der Waals surface area contributed by atoms with E-state index in [0.29, 0.717) is 52.6 Å². The predicted octanol–water partition coefficient (Wildman–Crippen LogP) is 6.05. The molecule has 4 aromatic rings. The third kappa shape index (κ3) is 9.58. The Morgan fingerprint density at radius 2 is 1.20 bits per heavy atom. The molecule has 2 N–H and O–H groups in total. The Morgan fingerprint density at radius 3 is 1.63 bits per heavy atom. The molecule has 9 nitrogen and oxygen atoms in total. The lowest BCUT2D eigenvalue weighted by atomic mass is 10.1. The van der Waals surface area contributed by atoms with Crippen molar-refractivity contribution in [3.8, 4) is 0 Å². The molecule has 0 unspecified atom stereocenters. The molecule has 0 bridgehead atoms. The first-order valence-electron chi connectivity index (χ1n) is 14.2. The van der Waals surface area contributed by atoms with Gasteiger partial charge in [-0.15, -0.1) is 0 Å². The number of hydrogen-bond donors (Lipinski definition) is 2. The van der Waals surface area contributed by atoms with Crippen LogP contribution >= 0.6 is 0 Å². The van der Waals surface area contributed by atoms with Crippen LogP contribution in [-0.2, 0) is 14.2 Å². The normalized spacial score (nSPS) is 10.7. The molecular formula is C32H43N5O4. The lowest BCUT2D eigenvalue weighted by molar-refractivity contribution is 0.0676. The minimum atomic E-state index is -0.393. The van der Waals surface area contributed by atoms with Crippen LogP contribution in [0, 0.1) is 13.8 Å². The number of carbonyl (C=O) groups excluding carboxylic acids is 1. The molecule has 0 atom stereocenters. The van der Waals surface area contributed by atoms with Gasteiger partial charge in [-0.05, 0) is 49.2 Å². The molecular weight excluding hydrogens is 518 g/mol. The van der Waals surface area contributed by atoms with E-state index in [0.717, 1.165) is 33.2 Å². The number of fused-ring (bicyclic) bond motifs is 2. The maximum atomic E-state index is 12.2. The van der Waals surface area contributed by atoms with Crippen molar-refractivity contribution >= 4 is 39.3 Å². The number of anilines is 2. The Morgan fingerprint density at radius 1 is 0.732 bits per heavy atom. The Balaban J connectivity index is 0.00000226. The van der Waals surface area contributed by atoms with Crippen LogP contribution in [-0.4, -0.2) is 80.7 Å². The van der Waals surface area contributed by atoms with Crippen molar-refractivity contribution in [2.24, 2.45) is 0 Å². The zero-order valence-corrected chi connectivity index (χ0v) is 24.9. The Kier molecular flexibility index (Phi) is 13.1. The minimum Gasteiger partial charge on any atom is -0.453 e. The molecule has 1 amide bonds. The summed E-state index contributed by atoms with van der Waals surface area (Å²) in [5.41, 5.74) is 6.35. The van der Waals surface area contributed by atoms with Crippen LogP contribution in [0.2, 0.25) is 0 Å². The summed E-state index contributed by atoms with van der Waals surface area (Å²) in [6, 6.07) is 16.4. The molecule has 41 heavy (non-hydrogen) atoms. The van der Waals surface area contributed by atoms with Crippen LogP contribution in [0.3, 0.4) is 0 Å². The largest absolute Gasteiger partial charge is 0.453 e. The molecule has 2 heterocycles. The molecule has 2 aromatic heterocycles. The molecule has 220 valence electrons. The molecule has 9 heteroatoms. The first-order valence-corrected chi connectivity index (χ1v) is 14.2. The van der Waals surface area contributed by atoms with Crippen molar-refractivity contribution < 1.29 is 19.0 Å². The van der Waals surface area contributed by atoms with Gasteiger partial charge in [0, 0.05) is 60.7 Å². The maximum absolute atomic E-state index is 12.2. The second kappa shape index (κ2) is 17.0. The fourth-order valence-electron chi connectivity index (χ4n) is 4.32. The molecule has 4 rings (SSSR count). The molecule has 0 aliphatic carbocycles. The van der Waals surface area contributed by atoms with Crippen molar-refractivity contribution in [3.63, 3.8) is 0 Å². The average molecular weight is 562 g/mol. The fraction of sp³-hybridized carbons (Fsp3) is 0.406. The summed E-state index contributed by atoms with van der Waals surface area (Å²) in [7, 11) is 1.38. The molecule has 2 aromatic carbocycles. The van der Waals surface area contributed by atoms with E-state index < -0.39 is 6.09 Å². The number of nitrogens with zero attached hydrogens (tertiary/aromatic N) is 3. The van der Waals surface area contributed by atoms with E-state index in [9.17, 15) is 4.79 Å². The second-order valence-electron chi connectivity index (χ2n) is 9.29. The maximum Gasteiger partial charge on any atom is 0.409 e. The van der Waals surface area contributed by atoms with Gasteiger partial charge >= 0.3 is 6.09 Å². The van der Waals surface area contributed by atoms with E-state index in [2.05, 4.69) is 70.8 Å². The Hall–Kier alpha value is -3.95. The van der Waals surface area contributed by atoms with E-state index in [4.69, 9.17) is 14.2 Å². The van der Waals surface area contributed by atoms with Gasteiger partial charge in [0.2, 0.25) is 0 Å². The molecule has 0 aliphatic rings. The number of ether oxygens (including phenoxy) is 3. The van der Waals surface area contributed by atoms with E-state index in [-0.39, 0.29) is 0 Å². The van der Waals surface area contributed by atoms with Gasteiger partial charge in [-0.25, -0.2) is 4.79 Å². The standard InChI is InChI=1S/C30H37N5O4.C2H6/c1-22-4-6-24-26(8-10-31-28(24)20-22)33-12-16-38-18-14-35(30(36)37-3)15-19-39-17-13-34-27-9-11-32-29-21-23(2)5-7-25(27)29;1-2/h4-11,20-21H,12-19H2,1-3H3,(H,31,33)(H,32,34);1-2H3.